The molecular formula is C14H18BrNO. The third kappa shape index (κ3) is 3.56. The van der Waals surface area contributed by atoms with Crippen molar-refractivity contribution in [2.24, 2.45) is 0 Å². The van der Waals surface area contributed by atoms with E-state index in [1.807, 2.05) is 4.90 Å². The van der Waals surface area contributed by atoms with Crippen LogP contribution in [0.3, 0.4) is 0 Å². The summed E-state index contributed by atoms with van der Waals surface area (Å²) in [5.74, 6) is 0.268. The molecule has 0 atom stereocenters. The Kier molecular flexibility index (Phi) is 4.21. The number of carbonyl (C=O) groups excluding carboxylic acids is 1. The Morgan fingerprint density at radius 3 is 2.53 bits per heavy atom. The quantitative estimate of drug-likeness (QED) is 0.764. The second kappa shape index (κ2) is 5.67. The molecule has 17 heavy (non-hydrogen) atoms. The number of alkyl halides is 1. The molecule has 1 aromatic rings. The number of rotatable bonds is 5. The topological polar surface area (TPSA) is 20.3 Å². The van der Waals surface area contributed by atoms with Crippen LogP contribution in [0.2, 0.25) is 0 Å². The fourth-order valence-electron chi connectivity index (χ4n) is 1.92. The van der Waals surface area contributed by atoms with E-state index in [1.54, 1.807) is 0 Å². The summed E-state index contributed by atoms with van der Waals surface area (Å²) in [4.78, 5) is 14.0. The van der Waals surface area contributed by atoms with Crippen LogP contribution in [0.5, 0.6) is 0 Å². The number of hydrogen-bond acceptors (Lipinski definition) is 1. The lowest BCUT2D eigenvalue weighted by Gasteiger charge is -2.22. The minimum absolute atomic E-state index is 0.268. The van der Waals surface area contributed by atoms with E-state index in [0.29, 0.717) is 12.5 Å². The molecule has 1 aliphatic rings. The van der Waals surface area contributed by atoms with Gasteiger partial charge < -0.3 is 4.90 Å². The van der Waals surface area contributed by atoms with Crippen LogP contribution in [-0.2, 0) is 11.3 Å². The van der Waals surface area contributed by atoms with E-state index < -0.39 is 0 Å². The molecule has 92 valence electrons. The fraction of sp³-hybridized carbons (Fsp3) is 0.500. The highest BCUT2D eigenvalue weighted by atomic mass is 79.9. The smallest absolute Gasteiger partial charge is 0.223 e. The van der Waals surface area contributed by atoms with E-state index in [4.69, 9.17) is 0 Å². The summed E-state index contributed by atoms with van der Waals surface area (Å²) in [5, 5.41) is 0.753. The Bertz CT molecular complexity index is 384. The minimum atomic E-state index is 0.268. The molecule has 0 unspecified atom stereocenters. The van der Waals surface area contributed by atoms with Gasteiger partial charge in [0.1, 0.15) is 0 Å². The number of amides is 1. The standard InChI is InChI=1S/C14H18BrNO/c1-11-2-4-12(5-3-11)10-16(13-6-7-13)14(17)8-9-15/h2-5,13H,6-10H2,1H3. The average molecular weight is 296 g/mol. The number of aryl methyl sites for hydroxylation is 1. The molecule has 1 fully saturated rings. The zero-order chi connectivity index (χ0) is 12.3. The van der Waals surface area contributed by atoms with E-state index in [0.717, 1.165) is 11.9 Å². The highest BCUT2D eigenvalue weighted by molar-refractivity contribution is 9.09. The summed E-state index contributed by atoms with van der Waals surface area (Å²) < 4.78 is 0. The summed E-state index contributed by atoms with van der Waals surface area (Å²) in [5.41, 5.74) is 2.49. The van der Waals surface area contributed by atoms with Gasteiger partial charge in [0.05, 0.1) is 0 Å². The fourth-order valence-corrected chi connectivity index (χ4v) is 2.26. The van der Waals surface area contributed by atoms with Crippen molar-refractivity contribution in [1.29, 1.82) is 0 Å². The second-order valence-corrected chi connectivity index (χ2v) is 5.47. The number of benzene rings is 1. The molecule has 0 saturated heterocycles. The van der Waals surface area contributed by atoms with Gasteiger partial charge in [0, 0.05) is 24.3 Å². The highest BCUT2D eigenvalue weighted by Crippen LogP contribution is 2.29. The molecule has 1 amide bonds. The van der Waals surface area contributed by atoms with Crippen molar-refractivity contribution in [3.05, 3.63) is 35.4 Å². The third-order valence-electron chi connectivity index (χ3n) is 3.09. The molecule has 2 nitrogen and oxygen atoms in total. The van der Waals surface area contributed by atoms with E-state index in [9.17, 15) is 4.79 Å². The van der Waals surface area contributed by atoms with Crippen LogP contribution in [0.1, 0.15) is 30.4 Å². The predicted molar refractivity (Wildman–Crippen MR) is 73.2 cm³/mol. The van der Waals surface area contributed by atoms with Gasteiger partial charge in [0.15, 0.2) is 0 Å². The number of hydrogen-bond donors (Lipinski definition) is 0. The van der Waals surface area contributed by atoms with Crippen LogP contribution < -0.4 is 0 Å². The van der Waals surface area contributed by atoms with E-state index in [2.05, 4.69) is 47.1 Å². The molecule has 1 aromatic carbocycles. The molecule has 2 rings (SSSR count). The monoisotopic (exact) mass is 295 g/mol. The van der Waals surface area contributed by atoms with Gasteiger partial charge in [-0.05, 0) is 25.3 Å². The van der Waals surface area contributed by atoms with Crippen molar-refractivity contribution in [2.75, 3.05) is 5.33 Å². The molecule has 0 spiro atoms. The number of carbonyl (C=O) groups is 1. The first-order valence-electron chi connectivity index (χ1n) is 6.11. The Morgan fingerprint density at radius 2 is 2.00 bits per heavy atom. The highest BCUT2D eigenvalue weighted by Gasteiger charge is 2.31. The Balaban J connectivity index is 2.02. The Labute approximate surface area is 111 Å². The number of nitrogens with zero attached hydrogens (tertiary/aromatic N) is 1. The number of halogens is 1. The first-order chi connectivity index (χ1) is 8.20. The van der Waals surface area contributed by atoms with Gasteiger partial charge in [-0.3, -0.25) is 4.79 Å². The van der Waals surface area contributed by atoms with Crippen LogP contribution in [-0.4, -0.2) is 22.2 Å². The zero-order valence-corrected chi connectivity index (χ0v) is 11.7. The molecular weight excluding hydrogens is 278 g/mol. The maximum Gasteiger partial charge on any atom is 0.223 e. The van der Waals surface area contributed by atoms with Gasteiger partial charge in [-0.2, -0.15) is 0 Å². The van der Waals surface area contributed by atoms with Crippen molar-refractivity contribution >= 4 is 21.8 Å². The van der Waals surface area contributed by atoms with Gasteiger partial charge in [0.25, 0.3) is 0 Å². The summed E-state index contributed by atoms with van der Waals surface area (Å²) >= 11 is 3.34. The lowest BCUT2D eigenvalue weighted by molar-refractivity contribution is -0.131. The molecule has 1 saturated carbocycles. The Hall–Kier alpha value is -0.830. The minimum Gasteiger partial charge on any atom is -0.335 e. The summed E-state index contributed by atoms with van der Waals surface area (Å²) in [6, 6.07) is 8.94. The van der Waals surface area contributed by atoms with Crippen molar-refractivity contribution in [3.8, 4) is 0 Å². The molecule has 0 radical (unpaired) electrons. The predicted octanol–water partition coefficient (Wildman–Crippen LogP) is 3.27. The molecule has 0 N–H and O–H groups in total. The van der Waals surface area contributed by atoms with Gasteiger partial charge in [-0.15, -0.1) is 0 Å². The molecule has 0 heterocycles. The zero-order valence-electron chi connectivity index (χ0n) is 10.2. The first-order valence-corrected chi connectivity index (χ1v) is 7.24. The largest absolute Gasteiger partial charge is 0.335 e. The first kappa shape index (κ1) is 12.6. The van der Waals surface area contributed by atoms with Gasteiger partial charge in [-0.25, -0.2) is 0 Å². The molecule has 3 heteroatoms. The van der Waals surface area contributed by atoms with Crippen molar-refractivity contribution < 1.29 is 4.79 Å². The van der Waals surface area contributed by atoms with Crippen molar-refractivity contribution in [3.63, 3.8) is 0 Å². The molecule has 0 bridgehead atoms. The van der Waals surface area contributed by atoms with E-state index >= 15 is 0 Å². The normalized spacial score (nSPS) is 14.7. The van der Waals surface area contributed by atoms with Crippen LogP contribution in [0.25, 0.3) is 0 Å². The van der Waals surface area contributed by atoms with Gasteiger partial charge >= 0.3 is 0 Å². The van der Waals surface area contributed by atoms with Crippen LogP contribution in [0.4, 0.5) is 0 Å². The second-order valence-electron chi connectivity index (χ2n) is 4.68. The summed E-state index contributed by atoms with van der Waals surface area (Å²) in [6.07, 6.45) is 2.93. The van der Waals surface area contributed by atoms with Crippen LogP contribution in [0.15, 0.2) is 24.3 Å². The molecule has 0 aromatic heterocycles. The van der Waals surface area contributed by atoms with E-state index in [1.165, 1.54) is 24.0 Å². The van der Waals surface area contributed by atoms with Crippen molar-refractivity contribution in [1.82, 2.24) is 4.90 Å². The third-order valence-corrected chi connectivity index (χ3v) is 3.49. The van der Waals surface area contributed by atoms with Crippen LogP contribution in [0, 0.1) is 6.92 Å². The van der Waals surface area contributed by atoms with E-state index in [-0.39, 0.29) is 5.91 Å². The maximum atomic E-state index is 12.0. The van der Waals surface area contributed by atoms with Crippen LogP contribution >= 0.6 is 15.9 Å². The van der Waals surface area contributed by atoms with Crippen molar-refractivity contribution in [2.45, 2.75) is 38.8 Å². The average Bonchev–Trinajstić information content (AvgIpc) is 3.12. The van der Waals surface area contributed by atoms with Gasteiger partial charge in [-0.1, -0.05) is 45.8 Å². The SMILES string of the molecule is Cc1ccc(CN(C(=O)CCBr)C2CC2)cc1. The molecule has 1 aliphatic carbocycles. The molecule has 0 aliphatic heterocycles. The summed E-state index contributed by atoms with van der Waals surface area (Å²) in [6.45, 7) is 2.84. The lowest BCUT2D eigenvalue weighted by Crippen LogP contribution is -2.32. The maximum absolute atomic E-state index is 12.0. The van der Waals surface area contributed by atoms with Gasteiger partial charge in [0.2, 0.25) is 5.91 Å². The lowest BCUT2D eigenvalue weighted by atomic mass is 10.1. The summed E-state index contributed by atoms with van der Waals surface area (Å²) in [7, 11) is 0. The Morgan fingerprint density at radius 1 is 1.35 bits per heavy atom.